The van der Waals surface area contributed by atoms with Gasteiger partial charge in [-0.05, 0) is 0 Å². The molecule has 0 atom stereocenters. The van der Waals surface area contributed by atoms with Crippen LogP contribution < -0.4 is 3.71 Å². The van der Waals surface area contributed by atoms with Crippen molar-refractivity contribution in [2.45, 2.75) is 14.8 Å². The molecule has 0 bridgehead atoms. The molecule has 3 heteroatoms. The zero-order valence-corrected chi connectivity index (χ0v) is 9.48. The van der Waals surface area contributed by atoms with Crippen molar-refractivity contribution < 1.29 is 0 Å². The molecule has 10 heavy (non-hydrogen) atoms. The van der Waals surface area contributed by atoms with Gasteiger partial charge in [0.2, 0.25) is 0 Å². The molecule has 0 aliphatic carbocycles. The third kappa shape index (κ3) is 1.94. The summed E-state index contributed by atoms with van der Waals surface area (Å²) in [6, 6.07) is 2.04. The second kappa shape index (κ2) is 2.86. The van der Waals surface area contributed by atoms with Gasteiger partial charge in [0.1, 0.15) is 0 Å². The van der Waals surface area contributed by atoms with E-state index >= 15 is 0 Å². The first kappa shape index (κ1) is 7.98. The number of nitrogens with zero attached hydrogens (tertiary/aromatic N) is 2. The van der Waals surface area contributed by atoms with Gasteiger partial charge in [-0.25, -0.2) is 0 Å². The van der Waals surface area contributed by atoms with Gasteiger partial charge in [0.05, 0.1) is 0 Å². The Balaban J connectivity index is 2.97. The van der Waals surface area contributed by atoms with Gasteiger partial charge >= 0.3 is 65.5 Å². The van der Waals surface area contributed by atoms with E-state index in [1.165, 1.54) is 3.71 Å². The second-order valence-corrected chi connectivity index (χ2v) is 17.7. The van der Waals surface area contributed by atoms with Crippen LogP contribution in [-0.2, 0) is 0 Å². The minimum atomic E-state index is -1.86. The fourth-order valence-electron chi connectivity index (χ4n) is 0.734. The number of hydrogen-bond acceptors (Lipinski definition) is 2. The predicted octanol–water partition coefficient (Wildman–Crippen LogP) is 1.02. The summed E-state index contributed by atoms with van der Waals surface area (Å²) in [6.07, 6.45) is 3.46. The molecular formula is C7H12N2Sn. The molecule has 54 valence electrons. The van der Waals surface area contributed by atoms with E-state index in [0.29, 0.717) is 0 Å². The van der Waals surface area contributed by atoms with E-state index in [0.717, 1.165) is 0 Å². The average molecular weight is 243 g/mol. The van der Waals surface area contributed by atoms with Crippen LogP contribution in [-0.4, -0.2) is 28.3 Å². The van der Waals surface area contributed by atoms with Crippen LogP contribution in [0.2, 0.25) is 14.8 Å². The molecule has 1 heterocycles. The van der Waals surface area contributed by atoms with E-state index in [-0.39, 0.29) is 0 Å². The number of hydrogen-bond donors (Lipinski definition) is 0. The van der Waals surface area contributed by atoms with Crippen molar-refractivity contribution in [3.05, 3.63) is 18.6 Å². The molecule has 0 fully saturated rings. The maximum absolute atomic E-state index is 4.23. The van der Waals surface area contributed by atoms with Crippen molar-refractivity contribution in [3.63, 3.8) is 0 Å². The predicted molar refractivity (Wildman–Crippen MR) is 45.0 cm³/mol. The van der Waals surface area contributed by atoms with Crippen LogP contribution in [0.25, 0.3) is 0 Å². The Kier molecular flexibility index (Phi) is 2.28. The fraction of sp³-hybridized carbons (Fsp3) is 0.429. The molecule has 0 spiro atoms. The van der Waals surface area contributed by atoms with Crippen LogP contribution in [0.1, 0.15) is 0 Å². The third-order valence-corrected chi connectivity index (χ3v) is 6.58. The molecule has 0 saturated carbocycles. The third-order valence-electron chi connectivity index (χ3n) is 1.35. The van der Waals surface area contributed by atoms with Crippen molar-refractivity contribution in [2.75, 3.05) is 0 Å². The zero-order chi connectivity index (χ0) is 7.61. The van der Waals surface area contributed by atoms with E-state index in [1.807, 2.05) is 12.3 Å². The Hall–Kier alpha value is -0.121. The quantitative estimate of drug-likeness (QED) is 0.688. The van der Waals surface area contributed by atoms with Gasteiger partial charge in [0.15, 0.2) is 0 Å². The summed E-state index contributed by atoms with van der Waals surface area (Å²) in [5.74, 6) is 0. The summed E-state index contributed by atoms with van der Waals surface area (Å²) >= 11 is -1.86. The second-order valence-electron chi connectivity index (χ2n) is 3.34. The molecule has 0 amide bonds. The molecule has 0 aliphatic heterocycles. The van der Waals surface area contributed by atoms with Crippen molar-refractivity contribution in [1.82, 2.24) is 9.97 Å². The molecule has 1 rings (SSSR count). The van der Waals surface area contributed by atoms with Gasteiger partial charge in [-0.3, -0.25) is 0 Å². The molecule has 0 N–H and O–H groups in total. The molecule has 0 aliphatic rings. The first-order valence-corrected chi connectivity index (χ1v) is 13.4. The van der Waals surface area contributed by atoms with E-state index in [9.17, 15) is 0 Å². The van der Waals surface area contributed by atoms with Gasteiger partial charge < -0.3 is 0 Å². The van der Waals surface area contributed by atoms with Crippen LogP contribution >= 0.6 is 0 Å². The Bertz CT molecular complexity index is 203. The molecule has 2 nitrogen and oxygen atoms in total. The standard InChI is InChI=1S/C4H3N2.3CH3.Sn/c1-2-5-4-6-3-1;;;;/h1-2,4H;3*1H3;. The SMILES string of the molecule is [CH3][Sn]([CH3])([CH3])[c]1ccncn1. The molecule has 0 saturated heterocycles. The van der Waals surface area contributed by atoms with E-state index in [4.69, 9.17) is 0 Å². The monoisotopic (exact) mass is 244 g/mol. The van der Waals surface area contributed by atoms with Crippen LogP contribution in [0.3, 0.4) is 0 Å². The number of rotatable bonds is 1. The Morgan fingerprint density at radius 3 is 2.30 bits per heavy atom. The summed E-state index contributed by atoms with van der Waals surface area (Å²) < 4.78 is 1.30. The molecule has 1 aromatic rings. The maximum atomic E-state index is 4.23. The Labute approximate surface area is 65.6 Å². The van der Waals surface area contributed by atoms with Crippen LogP contribution in [0.4, 0.5) is 0 Å². The van der Waals surface area contributed by atoms with Gasteiger partial charge in [-0.1, -0.05) is 0 Å². The van der Waals surface area contributed by atoms with Gasteiger partial charge in [-0.15, -0.1) is 0 Å². The topological polar surface area (TPSA) is 25.8 Å². The summed E-state index contributed by atoms with van der Waals surface area (Å²) in [6.45, 7) is 0. The van der Waals surface area contributed by atoms with Gasteiger partial charge in [0, 0.05) is 0 Å². The normalized spacial score (nSPS) is 11.5. The minimum absolute atomic E-state index is 1.30. The molecule has 0 unspecified atom stereocenters. The first-order chi connectivity index (χ1) is 4.61. The molecular weight excluding hydrogens is 231 g/mol. The summed E-state index contributed by atoms with van der Waals surface area (Å²) in [4.78, 5) is 15.1. The van der Waals surface area contributed by atoms with Crippen LogP contribution in [0.15, 0.2) is 18.6 Å². The molecule has 0 radical (unpaired) electrons. The van der Waals surface area contributed by atoms with E-state index in [1.54, 1.807) is 6.33 Å². The van der Waals surface area contributed by atoms with E-state index in [2.05, 4.69) is 24.8 Å². The summed E-state index contributed by atoms with van der Waals surface area (Å²) in [5.41, 5.74) is 0. The molecule has 1 aromatic heterocycles. The summed E-state index contributed by atoms with van der Waals surface area (Å²) in [7, 11) is 0. The van der Waals surface area contributed by atoms with Crippen molar-refractivity contribution in [1.29, 1.82) is 0 Å². The van der Waals surface area contributed by atoms with Gasteiger partial charge in [-0.2, -0.15) is 0 Å². The molecule has 0 aromatic carbocycles. The van der Waals surface area contributed by atoms with E-state index < -0.39 is 18.4 Å². The number of aromatic nitrogens is 2. The summed E-state index contributed by atoms with van der Waals surface area (Å²) in [5, 5.41) is 0. The Morgan fingerprint density at radius 2 is 2.00 bits per heavy atom. The van der Waals surface area contributed by atoms with Crippen molar-refractivity contribution in [2.24, 2.45) is 0 Å². The van der Waals surface area contributed by atoms with Crippen molar-refractivity contribution in [3.8, 4) is 0 Å². The van der Waals surface area contributed by atoms with Crippen molar-refractivity contribution >= 4 is 22.1 Å². The zero-order valence-electron chi connectivity index (χ0n) is 6.63. The van der Waals surface area contributed by atoms with Gasteiger partial charge in [0.25, 0.3) is 0 Å². The Morgan fingerprint density at radius 1 is 1.30 bits per heavy atom. The van der Waals surface area contributed by atoms with Crippen LogP contribution in [0.5, 0.6) is 0 Å². The first-order valence-electron chi connectivity index (χ1n) is 3.37. The fourth-order valence-corrected chi connectivity index (χ4v) is 3.64. The average Bonchev–Trinajstić information content (AvgIpc) is 1.88. The van der Waals surface area contributed by atoms with Crippen LogP contribution in [0, 0.1) is 0 Å².